The third kappa shape index (κ3) is 3.38. The van der Waals surface area contributed by atoms with E-state index in [-0.39, 0.29) is 12.5 Å². The lowest BCUT2D eigenvalue weighted by molar-refractivity contribution is -0.147. The molecule has 0 aromatic heterocycles. The minimum absolute atomic E-state index is 0.128. The number of nitriles is 1. The maximum absolute atomic E-state index is 12.0. The van der Waals surface area contributed by atoms with Gasteiger partial charge in [0.15, 0.2) is 0 Å². The summed E-state index contributed by atoms with van der Waals surface area (Å²) >= 11 is 0. The largest absolute Gasteiger partial charge is 0.481 e. The Labute approximate surface area is 123 Å². The standard InChI is InChI=1S/C15H17N3O3/c1-15(14(20)21)6-7-18(10-15)9-13(19)17-12-5-3-2-4-11(12)8-16/h2-5H,6-7,9-10H2,1H3,(H,17,19)(H,20,21). The number of para-hydroxylation sites is 1. The fraction of sp³-hybridized carbons (Fsp3) is 0.400. The van der Waals surface area contributed by atoms with Crippen LogP contribution < -0.4 is 5.32 Å². The number of amides is 1. The maximum atomic E-state index is 12.0. The van der Waals surface area contributed by atoms with Crippen LogP contribution in [0.4, 0.5) is 5.69 Å². The number of nitrogens with zero attached hydrogens (tertiary/aromatic N) is 2. The maximum Gasteiger partial charge on any atom is 0.310 e. The Bertz CT molecular complexity index is 608. The molecule has 0 radical (unpaired) electrons. The Morgan fingerprint density at radius 3 is 2.81 bits per heavy atom. The zero-order valence-electron chi connectivity index (χ0n) is 11.8. The van der Waals surface area contributed by atoms with Crippen LogP contribution in [0, 0.1) is 16.7 Å². The number of aliphatic carboxylic acids is 1. The van der Waals surface area contributed by atoms with Gasteiger partial charge in [0.2, 0.25) is 5.91 Å². The summed E-state index contributed by atoms with van der Waals surface area (Å²) in [6.45, 7) is 2.76. The third-order valence-corrected chi connectivity index (χ3v) is 3.76. The number of carbonyl (C=O) groups is 2. The molecule has 1 aliphatic heterocycles. The van der Waals surface area contributed by atoms with Gasteiger partial charge in [0, 0.05) is 6.54 Å². The zero-order chi connectivity index (χ0) is 15.5. The van der Waals surface area contributed by atoms with Crippen molar-refractivity contribution < 1.29 is 14.7 Å². The van der Waals surface area contributed by atoms with Crippen molar-refractivity contribution in [3.8, 4) is 6.07 Å². The fourth-order valence-electron chi connectivity index (χ4n) is 2.45. The molecule has 1 atom stereocenters. The minimum atomic E-state index is -0.833. The van der Waals surface area contributed by atoms with Crippen LogP contribution in [0.15, 0.2) is 24.3 Å². The van der Waals surface area contributed by atoms with Crippen molar-refractivity contribution in [2.24, 2.45) is 5.41 Å². The van der Waals surface area contributed by atoms with Crippen molar-refractivity contribution in [3.05, 3.63) is 29.8 Å². The van der Waals surface area contributed by atoms with Gasteiger partial charge in [-0.3, -0.25) is 14.5 Å². The Morgan fingerprint density at radius 2 is 2.19 bits per heavy atom. The molecule has 1 unspecified atom stereocenters. The lowest BCUT2D eigenvalue weighted by Crippen LogP contribution is -2.35. The molecule has 6 heteroatoms. The molecule has 6 nitrogen and oxygen atoms in total. The average Bonchev–Trinajstić information content (AvgIpc) is 2.82. The van der Waals surface area contributed by atoms with E-state index in [9.17, 15) is 9.59 Å². The summed E-state index contributed by atoms with van der Waals surface area (Å²) in [4.78, 5) is 25.0. The van der Waals surface area contributed by atoms with Gasteiger partial charge in [0.1, 0.15) is 6.07 Å². The number of rotatable bonds is 4. The van der Waals surface area contributed by atoms with Gasteiger partial charge < -0.3 is 10.4 Å². The van der Waals surface area contributed by atoms with E-state index in [1.54, 1.807) is 31.2 Å². The molecule has 0 spiro atoms. The molecular formula is C15H17N3O3. The highest BCUT2D eigenvalue weighted by atomic mass is 16.4. The Hall–Kier alpha value is -2.39. The first-order valence-electron chi connectivity index (χ1n) is 6.69. The van der Waals surface area contributed by atoms with Gasteiger partial charge in [-0.25, -0.2) is 0 Å². The highest BCUT2D eigenvalue weighted by molar-refractivity contribution is 5.93. The van der Waals surface area contributed by atoms with Crippen molar-refractivity contribution in [1.82, 2.24) is 4.90 Å². The van der Waals surface area contributed by atoms with Crippen LogP contribution >= 0.6 is 0 Å². The molecule has 1 aromatic rings. The summed E-state index contributed by atoms with van der Waals surface area (Å²) in [5, 5.41) is 20.8. The number of nitrogens with one attached hydrogen (secondary N) is 1. The van der Waals surface area contributed by atoms with Gasteiger partial charge in [-0.05, 0) is 32.0 Å². The van der Waals surface area contributed by atoms with E-state index in [2.05, 4.69) is 5.32 Å². The molecule has 2 rings (SSSR count). The summed E-state index contributed by atoms with van der Waals surface area (Å²) < 4.78 is 0. The molecule has 1 aliphatic rings. The van der Waals surface area contributed by atoms with Crippen LogP contribution in [0.3, 0.4) is 0 Å². The van der Waals surface area contributed by atoms with Crippen molar-refractivity contribution in [2.45, 2.75) is 13.3 Å². The molecule has 110 valence electrons. The molecule has 1 saturated heterocycles. The SMILES string of the molecule is CC1(C(=O)O)CCN(CC(=O)Nc2ccccc2C#N)C1. The Balaban J connectivity index is 1.95. The predicted octanol–water partition coefficient (Wildman–Crippen LogP) is 1.29. The first kappa shape index (κ1) is 15.0. The second-order valence-electron chi connectivity index (χ2n) is 5.53. The third-order valence-electron chi connectivity index (χ3n) is 3.76. The number of likely N-dealkylation sites (tertiary alicyclic amines) is 1. The quantitative estimate of drug-likeness (QED) is 0.870. The van der Waals surface area contributed by atoms with Gasteiger partial charge in [-0.15, -0.1) is 0 Å². The number of carboxylic acids is 1. The van der Waals surface area contributed by atoms with Crippen LogP contribution in [0.1, 0.15) is 18.9 Å². The topological polar surface area (TPSA) is 93.4 Å². The van der Waals surface area contributed by atoms with Gasteiger partial charge >= 0.3 is 5.97 Å². The van der Waals surface area contributed by atoms with E-state index in [1.807, 2.05) is 11.0 Å². The molecule has 1 amide bonds. The fourth-order valence-corrected chi connectivity index (χ4v) is 2.45. The molecule has 1 heterocycles. The molecule has 1 fully saturated rings. The second-order valence-corrected chi connectivity index (χ2v) is 5.53. The van der Waals surface area contributed by atoms with Crippen molar-refractivity contribution in [3.63, 3.8) is 0 Å². The summed E-state index contributed by atoms with van der Waals surface area (Å²) in [6.07, 6.45) is 0.532. The highest BCUT2D eigenvalue weighted by Gasteiger charge is 2.40. The van der Waals surface area contributed by atoms with Crippen molar-refractivity contribution in [1.29, 1.82) is 5.26 Å². The molecule has 21 heavy (non-hydrogen) atoms. The van der Waals surface area contributed by atoms with E-state index in [1.165, 1.54) is 0 Å². The van der Waals surface area contributed by atoms with Gasteiger partial charge in [0.05, 0.1) is 23.2 Å². The predicted molar refractivity (Wildman–Crippen MR) is 76.6 cm³/mol. The van der Waals surface area contributed by atoms with Crippen LogP contribution in [0.2, 0.25) is 0 Å². The summed E-state index contributed by atoms with van der Waals surface area (Å²) in [7, 11) is 0. The number of hydrogen-bond acceptors (Lipinski definition) is 4. The van der Waals surface area contributed by atoms with Crippen molar-refractivity contribution in [2.75, 3.05) is 25.0 Å². The number of benzene rings is 1. The summed E-state index contributed by atoms with van der Waals surface area (Å²) in [6, 6.07) is 8.79. The molecule has 0 saturated carbocycles. The van der Waals surface area contributed by atoms with E-state index in [0.29, 0.717) is 30.8 Å². The lowest BCUT2D eigenvalue weighted by Gasteiger charge is -2.19. The van der Waals surface area contributed by atoms with E-state index in [0.717, 1.165) is 0 Å². The van der Waals surface area contributed by atoms with Crippen LogP contribution in [0.5, 0.6) is 0 Å². The Kier molecular flexibility index (Phi) is 4.24. The van der Waals surface area contributed by atoms with Gasteiger partial charge in [0.25, 0.3) is 0 Å². The number of anilines is 1. The number of carbonyl (C=O) groups excluding carboxylic acids is 1. The molecule has 0 aliphatic carbocycles. The number of hydrogen-bond donors (Lipinski definition) is 2. The second kappa shape index (κ2) is 5.94. The van der Waals surface area contributed by atoms with Crippen LogP contribution in [-0.4, -0.2) is 41.5 Å². The highest BCUT2D eigenvalue weighted by Crippen LogP contribution is 2.29. The molecule has 0 bridgehead atoms. The smallest absolute Gasteiger partial charge is 0.310 e. The van der Waals surface area contributed by atoms with E-state index >= 15 is 0 Å². The molecule has 1 aromatic carbocycles. The summed E-state index contributed by atoms with van der Waals surface area (Å²) in [5.74, 6) is -1.08. The van der Waals surface area contributed by atoms with E-state index in [4.69, 9.17) is 10.4 Å². The van der Waals surface area contributed by atoms with Gasteiger partial charge in [-0.2, -0.15) is 5.26 Å². The van der Waals surface area contributed by atoms with Crippen LogP contribution in [0.25, 0.3) is 0 Å². The first-order chi connectivity index (χ1) is 9.94. The monoisotopic (exact) mass is 287 g/mol. The normalized spacial score (nSPS) is 21.7. The zero-order valence-corrected chi connectivity index (χ0v) is 11.8. The first-order valence-corrected chi connectivity index (χ1v) is 6.69. The van der Waals surface area contributed by atoms with Crippen molar-refractivity contribution >= 4 is 17.6 Å². The number of carboxylic acid groups (broad SMARTS) is 1. The Morgan fingerprint density at radius 1 is 1.48 bits per heavy atom. The molecular weight excluding hydrogens is 270 g/mol. The van der Waals surface area contributed by atoms with Gasteiger partial charge in [-0.1, -0.05) is 12.1 Å². The molecule has 2 N–H and O–H groups in total. The minimum Gasteiger partial charge on any atom is -0.481 e. The lowest BCUT2D eigenvalue weighted by atomic mass is 9.90. The van der Waals surface area contributed by atoms with E-state index < -0.39 is 11.4 Å². The van der Waals surface area contributed by atoms with Crippen LogP contribution in [-0.2, 0) is 9.59 Å². The average molecular weight is 287 g/mol. The summed E-state index contributed by atoms with van der Waals surface area (Å²) in [5.41, 5.74) is 0.0954.